The Balaban J connectivity index is 1.18. The Bertz CT molecular complexity index is 1410. The molecule has 3 aliphatic carbocycles. The zero-order valence-corrected chi connectivity index (χ0v) is 26.2. The number of pyridine rings is 1. The van der Waals surface area contributed by atoms with Crippen LogP contribution in [0.5, 0.6) is 0 Å². The van der Waals surface area contributed by atoms with Crippen LogP contribution in [0.1, 0.15) is 127 Å². The molecule has 0 bridgehead atoms. The van der Waals surface area contributed by atoms with Crippen LogP contribution in [0.25, 0.3) is 11.1 Å². The first-order valence-corrected chi connectivity index (χ1v) is 15.9. The van der Waals surface area contributed by atoms with Crippen molar-refractivity contribution >= 4 is 28.9 Å². The normalized spacial score (nSPS) is 27.5. The summed E-state index contributed by atoms with van der Waals surface area (Å²) in [4.78, 5) is 47.7. The predicted molar refractivity (Wildman–Crippen MR) is 160 cm³/mol. The molecule has 8 nitrogen and oxygen atoms in total. The van der Waals surface area contributed by atoms with Gasteiger partial charge in [-0.05, 0) is 89.0 Å². The van der Waals surface area contributed by atoms with Gasteiger partial charge in [-0.1, -0.05) is 27.2 Å². The van der Waals surface area contributed by atoms with Gasteiger partial charge in [0.05, 0.1) is 11.0 Å². The maximum atomic E-state index is 13.9. The average molecular weight is 578 g/mol. The third-order valence-corrected chi connectivity index (χ3v) is 11.1. The fourth-order valence-corrected chi connectivity index (χ4v) is 8.02. The molecule has 4 fully saturated rings. The lowest BCUT2D eigenvalue weighted by molar-refractivity contribution is -0.153. The van der Waals surface area contributed by atoms with E-state index in [-0.39, 0.29) is 23.1 Å². The Hall–Kier alpha value is -2.90. The van der Waals surface area contributed by atoms with Gasteiger partial charge in [-0.2, -0.15) is 0 Å². The van der Waals surface area contributed by atoms with Crippen LogP contribution in [0.2, 0.25) is 0 Å². The number of furan rings is 1. The second kappa shape index (κ2) is 9.81. The van der Waals surface area contributed by atoms with Gasteiger partial charge in [0.25, 0.3) is 5.91 Å². The summed E-state index contributed by atoms with van der Waals surface area (Å²) in [6.45, 7) is 13.6. The van der Waals surface area contributed by atoms with Crippen molar-refractivity contribution in [1.29, 1.82) is 0 Å². The van der Waals surface area contributed by atoms with Gasteiger partial charge in [0.2, 0.25) is 5.91 Å². The topological polar surface area (TPSA) is 104 Å². The second-order valence-corrected chi connectivity index (χ2v) is 15.8. The van der Waals surface area contributed by atoms with Crippen molar-refractivity contribution in [3.63, 3.8) is 0 Å². The minimum Gasteiger partial charge on any atom is -0.481 e. The molecule has 2 aromatic rings. The van der Waals surface area contributed by atoms with Crippen LogP contribution in [0, 0.1) is 16.7 Å². The molecule has 42 heavy (non-hydrogen) atoms. The van der Waals surface area contributed by atoms with Crippen LogP contribution >= 0.6 is 0 Å². The molecule has 3 heterocycles. The van der Waals surface area contributed by atoms with E-state index in [1.165, 1.54) is 32.1 Å². The molecular weight excluding hydrogens is 530 g/mol. The van der Waals surface area contributed by atoms with E-state index in [2.05, 4.69) is 26.8 Å². The lowest BCUT2D eigenvalue weighted by Gasteiger charge is -2.54. The zero-order valence-electron chi connectivity index (χ0n) is 26.2. The van der Waals surface area contributed by atoms with Gasteiger partial charge in [0, 0.05) is 48.8 Å². The molecule has 4 aliphatic rings. The molecule has 0 unspecified atom stereocenters. The van der Waals surface area contributed by atoms with Gasteiger partial charge in [0.15, 0.2) is 11.3 Å². The molecule has 2 amide bonds. The molecule has 1 spiro atoms. The van der Waals surface area contributed by atoms with E-state index in [4.69, 9.17) is 9.40 Å². The number of carboxylic acids is 1. The number of fused-ring (bicyclic) bond motifs is 1. The molecule has 0 atom stereocenters. The Morgan fingerprint density at radius 3 is 2.21 bits per heavy atom. The Labute approximate surface area is 249 Å². The summed E-state index contributed by atoms with van der Waals surface area (Å²) >= 11 is 0. The van der Waals surface area contributed by atoms with Crippen LogP contribution in [-0.2, 0) is 15.0 Å². The van der Waals surface area contributed by atoms with Crippen molar-refractivity contribution < 1.29 is 23.9 Å². The van der Waals surface area contributed by atoms with Crippen molar-refractivity contribution in [2.45, 2.75) is 116 Å². The van der Waals surface area contributed by atoms with E-state index in [0.29, 0.717) is 68.0 Å². The number of aliphatic carboxylic acids is 1. The first kappa shape index (κ1) is 29.2. The monoisotopic (exact) mass is 577 g/mol. The number of amides is 2. The summed E-state index contributed by atoms with van der Waals surface area (Å²) in [5.41, 5.74) is 2.76. The number of nitrogens with zero attached hydrogens (tertiary/aromatic N) is 3. The summed E-state index contributed by atoms with van der Waals surface area (Å²) in [7, 11) is 0. The van der Waals surface area contributed by atoms with Crippen molar-refractivity contribution in [2.75, 3.05) is 19.6 Å². The number of piperazine rings is 1. The van der Waals surface area contributed by atoms with Gasteiger partial charge in [-0.3, -0.25) is 14.4 Å². The van der Waals surface area contributed by atoms with Crippen molar-refractivity contribution in [3.8, 4) is 0 Å². The molecular formula is C34H47N3O5. The Morgan fingerprint density at radius 1 is 1.00 bits per heavy atom. The lowest BCUT2D eigenvalue weighted by Crippen LogP contribution is -2.62. The first-order valence-electron chi connectivity index (χ1n) is 15.9. The third kappa shape index (κ3) is 4.92. The summed E-state index contributed by atoms with van der Waals surface area (Å²) in [5.74, 6) is -0.236. The highest BCUT2D eigenvalue weighted by molar-refractivity contribution is 5.96. The minimum atomic E-state index is -0.779. The summed E-state index contributed by atoms with van der Waals surface area (Å²) in [6, 6.07) is 4.04. The average Bonchev–Trinajstić information content (AvgIpc) is 3.29. The van der Waals surface area contributed by atoms with Crippen molar-refractivity contribution in [1.82, 2.24) is 14.8 Å². The number of carboxylic acid groups (broad SMARTS) is 1. The van der Waals surface area contributed by atoms with Crippen molar-refractivity contribution in [2.24, 2.45) is 16.7 Å². The molecule has 3 saturated carbocycles. The number of hydrogen-bond acceptors (Lipinski definition) is 5. The van der Waals surface area contributed by atoms with Crippen molar-refractivity contribution in [3.05, 3.63) is 29.2 Å². The number of hydrogen-bond donors (Lipinski definition) is 1. The largest absolute Gasteiger partial charge is 0.481 e. The van der Waals surface area contributed by atoms with Gasteiger partial charge < -0.3 is 19.3 Å². The van der Waals surface area contributed by atoms with Crippen LogP contribution in [0.15, 0.2) is 16.5 Å². The molecule has 8 heteroatoms. The zero-order chi connectivity index (χ0) is 30.2. The first-order chi connectivity index (χ1) is 19.6. The number of rotatable bonds is 4. The fourth-order valence-electron chi connectivity index (χ4n) is 8.02. The molecule has 1 N–H and O–H groups in total. The van der Waals surface area contributed by atoms with Crippen LogP contribution < -0.4 is 0 Å². The quantitative estimate of drug-likeness (QED) is 0.444. The van der Waals surface area contributed by atoms with E-state index < -0.39 is 16.9 Å². The SMILES string of the molecule is CC(C)(C)c1cc(C2CC3(CCC3)C2)nc2cc(C(=O)N3CCN(C(=O)[C@H]4CC[C@](C)(C(=O)O)CC4)CC3(C)C)oc12. The van der Waals surface area contributed by atoms with E-state index in [1.54, 1.807) is 6.92 Å². The van der Waals surface area contributed by atoms with Gasteiger partial charge in [-0.15, -0.1) is 0 Å². The number of aromatic nitrogens is 1. The van der Waals surface area contributed by atoms with E-state index in [1.807, 2.05) is 29.7 Å². The highest BCUT2D eigenvalue weighted by Gasteiger charge is 2.49. The third-order valence-electron chi connectivity index (χ3n) is 11.1. The maximum absolute atomic E-state index is 13.9. The molecule has 228 valence electrons. The molecule has 1 aliphatic heterocycles. The fraction of sp³-hybridized carbons (Fsp3) is 0.706. The standard InChI is InChI=1S/C34H47N3O5/c1-31(2,3)23-16-24(22-18-34(19-22)10-7-11-34)35-25-17-26(42-27(23)25)29(39)37-15-14-36(20-32(37,4)5)28(38)21-8-12-33(6,13-9-21)30(40)41/h16-17,21-22H,7-15,18-20H2,1-6H3,(H,40,41)/t21-,33-. The number of carbonyl (C=O) groups excluding carboxylic acids is 2. The number of carbonyl (C=O) groups is 3. The minimum absolute atomic E-state index is 0.0811. The van der Waals surface area contributed by atoms with E-state index >= 15 is 0 Å². The summed E-state index contributed by atoms with van der Waals surface area (Å²) < 4.78 is 6.32. The second-order valence-electron chi connectivity index (χ2n) is 15.8. The van der Waals surface area contributed by atoms with Crippen LogP contribution in [-0.4, -0.2) is 62.8 Å². The van der Waals surface area contributed by atoms with E-state index in [9.17, 15) is 19.5 Å². The molecule has 1 saturated heterocycles. The maximum Gasteiger partial charge on any atom is 0.309 e. The Kier molecular flexibility index (Phi) is 6.82. The highest BCUT2D eigenvalue weighted by Crippen LogP contribution is 2.61. The highest BCUT2D eigenvalue weighted by atomic mass is 16.4. The molecule has 0 radical (unpaired) electrons. The molecule has 0 aromatic carbocycles. The lowest BCUT2D eigenvalue weighted by atomic mass is 9.51. The van der Waals surface area contributed by atoms with Gasteiger partial charge in [0.1, 0.15) is 5.52 Å². The predicted octanol–water partition coefficient (Wildman–Crippen LogP) is 6.52. The summed E-state index contributed by atoms with van der Waals surface area (Å²) in [5, 5.41) is 9.55. The van der Waals surface area contributed by atoms with Gasteiger partial charge in [-0.25, -0.2) is 4.98 Å². The van der Waals surface area contributed by atoms with Gasteiger partial charge >= 0.3 is 5.97 Å². The molecule has 2 aromatic heterocycles. The van der Waals surface area contributed by atoms with Crippen LogP contribution in [0.4, 0.5) is 0 Å². The molecule has 6 rings (SSSR count). The smallest absolute Gasteiger partial charge is 0.309 e. The van der Waals surface area contributed by atoms with E-state index in [0.717, 1.165) is 16.8 Å². The Morgan fingerprint density at radius 2 is 1.67 bits per heavy atom. The van der Waals surface area contributed by atoms with Crippen LogP contribution in [0.3, 0.4) is 0 Å². The summed E-state index contributed by atoms with van der Waals surface area (Å²) in [6.07, 6.45) is 8.70.